The van der Waals surface area contributed by atoms with E-state index in [-0.39, 0.29) is 19.0 Å². The van der Waals surface area contributed by atoms with E-state index in [2.05, 4.69) is 0 Å². The quantitative estimate of drug-likeness (QED) is 0.558. The second-order valence-corrected chi connectivity index (χ2v) is 8.37. The molecule has 1 amide bonds. The molecule has 7 heteroatoms. The predicted octanol–water partition coefficient (Wildman–Crippen LogP) is 2.17. The number of likely N-dealkylation sites (tertiary alicyclic amines) is 1. The average Bonchev–Trinajstić information content (AvgIpc) is 2.79. The Balaban J connectivity index is 2.23. The maximum Gasteiger partial charge on any atom is 0.410 e. The Bertz CT molecular complexity index is 564. The lowest BCUT2D eigenvalue weighted by Gasteiger charge is -2.51. The Hall–Kier alpha value is -1.63. The molecule has 2 fully saturated rings. The third-order valence-corrected chi connectivity index (χ3v) is 4.92. The average molecular weight is 355 g/mol. The Morgan fingerprint density at radius 1 is 1.32 bits per heavy atom. The number of hydrogen-bond acceptors (Lipinski definition) is 6. The molecule has 2 aliphatic heterocycles. The van der Waals surface area contributed by atoms with E-state index in [0.717, 1.165) is 0 Å². The van der Waals surface area contributed by atoms with Crippen molar-refractivity contribution in [1.29, 1.82) is 0 Å². The van der Waals surface area contributed by atoms with Gasteiger partial charge in [-0.3, -0.25) is 9.59 Å². The van der Waals surface area contributed by atoms with Crippen LogP contribution in [0.25, 0.3) is 0 Å². The van der Waals surface area contributed by atoms with Gasteiger partial charge in [0.15, 0.2) is 5.78 Å². The van der Waals surface area contributed by atoms with E-state index in [1.165, 1.54) is 0 Å². The molecular formula is C18H29NO6. The Labute approximate surface area is 149 Å². The monoisotopic (exact) mass is 355 g/mol. The fourth-order valence-corrected chi connectivity index (χ4v) is 3.79. The number of amides is 1. The van der Waals surface area contributed by atoms with Crippen molar-refractivity contribution in [2.75, 3.05) is 26.3 Å². The number of hydrogen-bond donors (Lipinski definition) is 0. The van der Waals surface area contributed by atoms with Gasteiger partial charge >= 0.3 is 12.1 Å². The maximum atomic E-state index is 12.4. The van der Waals surface area contributed by atoms with E-state index in [0.29, 0.717) is 19.5 Å². The molecule has 0 aromatic heterocycles. The summed E-state index contributed by atoms with van der Waals surface area (Å²) in [7, 11) is 0. The number of nitrogens with zero attached hydrogens (tertiary/aromatic N) is 1. The summed E-state index contributed by atoms with van der Waals surface area (Å²) in [6.45, 7) is 11.8. The van der Waals surface area contributed by atoms with E-state index in [9.17, 15) is 14.4 Å². The summed E-state index contributed by atoms with van der Waals surface area (Å²) in [5.74, 6) is -1.73. The minimum absolute atomic E-state index is 0.0979. The van der Waals surface area contributed by atoms with E-state index in [4.69, 9.17) is 14.2 Å². The molecule has 142 valence electrons. The summed E-state index contributed by atoms with van der Waals surface area (Å²) in [4.78, 5) is 38.7. The van der Waals surface area contributed by atoms with Gasteiger partial charge in [0.05, 0.1) is 12.2 Å². The molecule has 0 bridgehead atoms. The molecule has 0 radical (unpaired) electrons. The van der Waals surface area contributed by atoms with E-state index in [1.54, 1.807) is 11.8 Å². The van der Waals surface area contributed by atoms with Crippen LogP contribution in [0, 0.1) is 11.3 Å². The predicted molar refractivity (Wildman–Crippen MR) is 90.0 cm³/mol. The summed E-state index contributed by atoms with van der Waals surface area (Å²) in [6, 6.07) is 0. The van der Waals surface area contributed by atoms with Gasteiger partial charge in [-0.25, -0.2) is 4.79 Å². The van der Waals surface area contributed by atoms with Crippen molar-refractivity contribution in [2.24, 2.45) is 11.3 Å². The van der Waals surface area contributed by atoms with Crippen LogP contribution in [-0.4, -0.2) is 60.3 Å². The van der Waals surface area contributed by atoms with Gasteiger partial charge < -0.3 is 19.1 Å². The lowest BCUT2D eigenvalue weighted by molar-refractivity contribution is -0.176. The summed E-state index contributed by atoms with van der Waals surface area (Å²) < 4.78 is 16.4. The van der Waals surface area contributed by atoms with Gasteiger partial charge in [0.1, 0.15) is 18.1 Å². The molecule has 1 spiro atoms. The maximum absolute atomic E-state index is 12.4. The summed E-state index contributed by atoms with van der Waals surface area (Å²) in [5.41, 5.74) is -2.13. The third-order valence-electron chi connectivity index (χ3n) is 4.92. The first-order chi connectivity index (χ1) is 11.4. The van der Waals surface area contributed by atoms with Crippen molar-refractivity contribution in [3.63, 3.8) is 0 Å². The minimum atomic E-state index is -0.950. The summed E-state index contributed by atoms with van der Waals surface area (Å²) in [6.07, 6.45) is -0.0125. The molecule has 2 saturated heterocycles. The van der Waals surface area contributed by atoms with E-state index in [1.807, 2.05) is 34.6 Å². The van der Waals surface area contributed by atoms with Crippen molar-refractivity contribution in [3.05, 3.63) is 0 Å². The first kappa shape index (κ1) is 19.7. The van der Waals surface area contributed by atoms with E-state index >= 15 is 0 Å². The fraction of sp³-hybridized carbons (Fsp3) is 0.833. The molecule has 0 saturated carbocycles. The molecule has 0 N–H and O–H groups in total. The van der Waals surface area contributed by atoms with Crippen LogP contribution < -0.4 is 0 Å². The van der Waals surface area contributed by atoms with E-state index < -0.39 is 34.6 Å². The van der Waals surface area contributed by atoms with Crippen LogP contribution in [0.1, 0.15) is 48.0 Å². The van der Waals surface area contributed by atoms with Gasteiger partial charge in [-0.1, -0.05) is 13.8 Å². The largest absolute Gasteiger partial charge is 0.465 e. The SMILES string of the molecule is CCOC(=O)C1C(=O)COC12CCN(C(=O)OC(C)(C)C)CC2(C)C. The molecule has 2 unspecified atom stereocenters. The lowest BCUT2D eigenvalue weighted by atomic mass is 9.63. The van der Waals surface area contributed by atoms with Crippen LogP contribution in [0.2, 0.25) is 0 Å². The highest BCUT2D eigenvalue weighted by atomic mass is 16.6. The number of esters is 1. The highest BCUT2D eigenvalue weighted by Crippen LogP contribution is 2.50. The number of carbonyl (C=O) groups excluding carboxylic acids is 3. The van der Waals surface area contributed by atoms with Crippen molar-refractivity contribution < 1.29 is 28.6 Å². The zero-order chi connectivity index (χ0) is 19.0. The Morgan fingerprint density at radius 2 is 1.96 bits per heavy atom. The Morgan fingerprint density at radius 3 is 2.48 bits per heavy atom. The number of carbonyl (C=O) groups is 3. The number of piperidine rings is 1. The van der Waals surface area contributed by atoms with Crippen molar-refractivity contribution >= 4 is 17.8 Å². The van der Waals surface area contributed by atoms with Gasteiger partial charge in [-0.2, -0.15) is 0 Å². The van der Waals surface area contributed by atoms with Crippen LogP contribution in [-0.2, 0) is 23.8 Å². The number of Topliss-reactive ketones (excluding diaryl/α,β-unsaturated/α-hetero) is 1. The molecule has 2 atom stereocenters. The molecule has 0 aromatic carbocycles. The van der Waals surface area contributed by atoms with Crippen LogP contribution in [0.3, 0.4) is 0 Å². The summed E-state index contributed by atoms with van der Waals surface area (Å²) >= 11 is 0. The zero-order valence-electron chi connectivity index (χ0n) is 16.0. The molecule has 0 aromatic rings. The van der Waals surface area contributed by atoms with Gasteiger partial charge in [0, 0.05) is 18.5 Å². The minimum Gasteiger partial charge on any atom is -0.465 e. The molecule has 2 rings (SSSR count). The van der Waals surface area contributed by atoms with Crippen molar-refractivity contribution in [3.8, 4) is 0 Å². The smallest absolute Gasteiger partial charge is 0.410 e. The van der Waals surface area contributed by atoms with Crippen LogP contribution in [0.15, 0.2) is 0 Å². The Kier molecular flexibility index (Phi) is 5.19. The molecule has 2 heterocycles. The second kappa shape index (κ2) is 6.59. The normalized spacial score (nSPS) is 29.0. The molecule has 7 nitrogen and oxygen atoms in total. The number of rotatable bonds is 2. The van der Waals surface area contributed by atoms with Gasteiger partial charge in [0.25, 0.3) is 0 Å². The molecule has 2 aliphatic rings. The molecule has 25 heavy (non-hydrogen) atoms. The van der Waals surface area contributed by atoms with Crippen LogP contribution in [0.5, 0.6) is 0 Å². The fourth-order valence-electron chi connectivity index (χ4n) is 3.79. The standard InChI is InChI=1S/C18H29NO6/c1-7-23-14(21)13-12(20)10-24-18(13)8-9-19(11-17(18,5)6)15(22)25-16(2,3)4/h13H,7-11H2,1-6H3. The highest BCUT2D eigenvalue weighted by molar-refractivity contribution is 6.02. The highest BCUT2D eigenvalue weighted by Gasteiger charge is 2.63. The second-order valence-electron chi connectivity index (χ2n) is 8.37. The summed E-state index contributed by atoms with van der Waals surface area (Å²) in [5, 5.41) is 0. The van der Waals surface area contributed by atoms with Gasteiger partial charge in [-0.05, 0) is 34.1 Å². The molecular weight excluding hydrogens is 326 g/mol. The van der Waals surface area contributed by atoms with Crippen LogP contribution in [0.4, 0.5) is 4.79 Å². The third kappa shape index (κ3) is 3.66. The first-order valence-corrected chi connectivity index (χ1v) is 8.75. The van der Waals surface area contributed by atoms with Crippen molar-refractivity contribution in [1.82, 2.24) is 4.90 Å². The topological polar surface area (TPSA) is 82.1 Å². The number of ether oxygens (including phenoxy) is 3. The first-order valence-electron chi connectivity index (χ1n) is 8.75. The van der Waals surface area contributed by atoms with Crippen LogP contribution >= 0.6 is 0 Å². The van der Waals surface area contributed by atoms with Crippen molar-refractivity contribution in [2.45, 2.75) is 59.2 Å². The van der Waals surface area contributed by atoms with Gasteiger partial charge in [-0.15, -0.1) is 0 Å². The zero-order valence-corrected chi connectivity index (χ0v) is 16.0. The number of ketones is 1. The molecule has 0 aliphatic carbocycles. The lowest BCUT2D eigenvalue weighted by Crippen LogP contribution is -2.63. The van der Waals surface area contributed by atoms with Gasteiger partial charge in [0.2, 0.25) is 0 Å².